The summed E-state index contributed by atoms with van der Waals surface area (Å²) in [5, 5.41) is 5.62. The fourth-order valence-corrected chi connectivity index (χ4v) is 8.69. The number of hydrogen-bond acceptors (Lipinski definition) is 4. The Kier molecular flexibility index (Phi) is 10.9. The van der Waals surface area contributed by atoms with Gasteiger partial charge in [0.05, 0.1) is 29.1 Å². The molecular formula is C28H41N5S4. The SMILES string of the molecule is CCCCCCCCCCCCC1CN2C(=S)N(C)S3=C2N(C1)C(=S)N3Cc1ccc(CN=C=S)cc1. The Hall–Kier alpha value is -1.38. The number of rotatable bonds is 15. The van der Waals surface area contributed by atoms with Gasteiger partial charge in [0.25, 0.3) is 0 Å². The lowest BCUT2D eigenvalue weighted by molar-refractivity contribution is 0.283. The largest absolute Gasteiger partial charge is 0.296 e. The Morgan fingerprint density at radius 3 is 2.05 bits per heavy atom. The minimum absolute atomic E-state index is 0.249. The molecule has 0 bridgehead atoms. The average molecular weight is 576 g/mol. The van der Waals surface area contributed by atoms with E-state index in [-0.39, 0.29) is 10.9 Å². The molecule has 3 aliphatic rings. The summed E-state index contributed by atoms with van der Waals surface area (Å²) >= 11 is 16.7. The van der Waals surface area contributed by atoms with E-state index in [0.717, 1.165) is 35.4 Å². The van der Waals surface area contributed by atoms with E-state index in [2.05, 4.69) is 66.8 Å². The second-order valence-electron chi connectivity index (χ2n) is 10.4. The summed E-state index contributed by atoms with van der Waals surface area (Å²) in [6.07, 6.45) is 15.1. The number of hydrogen-bond donors (Lipinski definition) is 0. The summed E-state index contributed by atoms with van der Waals surface area (Å²) in [7, 11) is 1.88. The van der Waals surface area contributed by atoms with Crippen LogP contribution in [0.15, 0.2) is 29.3 Å². The van der Waals surface area contributed by atoms with Crippen molar-refractivity contribution in [1.29, 1.82) is 0 Å². The van der Waals surface area contributed by atoms with Gasteiger partial charge in [-0.05, 0) is 60.1 Å². The van der Waals surface area contributed by atoms with Crippen molar-refractivity contribution < 1.29 is 0 Å². The molecule has 9 heteroatoms. The minimum atomic E-state index is -0.249. The molecule has 0 aromatic heterocycles. The average Bonchev–Trinajstić information content (AvgIpc) is 3.33. The highest BCUT2D eigenvalue weighted by Gasteiger charge is 2.49. The fraction of sp³-hybridized carbons (Fsp3) is 0.643. The number of nitrogens with zero attached hydrogens (tertiary/aromatic N) is 5. The van der Waals surface area contributed by atoms with Crippen LogP contribution >= 0.6 is 47.5 Å². The third-order valence-electron chi connectivity index (χ3n) is 7.56. The van der Waals surface area contributed by atoms with Crippen LogP contribution in [0.5, 0.6) is 0 Å². The van der Waals surface area contributed by atoms with Crippen LogP contribution in [0.25, 0.3) is 0 Å². The Bertz CT molecular complexity index is 1030. The van der Waals surface area contributed by atoms with Crippen LogP contribution in [0.2, 0.25) is 0 Å². The molecule has 1 saturated heterocycles. The molecule has 3 heterocycles. The van der Waals surface area contributed by atoms with E-state index in [1.165, 1.54) is 81.3 Å². The van der Waals surface area contributed by atoms with Crippen LogP contribution in [-0.2, 0) is 13.1 Å². The maximum absolute atomic E-state index is 6.06. The molecule has 2 atom stereocenters. The van der Waals surface area contributed by atoms with E-state index < -0.39 is 0 Å². The van der Waals surface area contributed by atoms with Crippen molar-refractivity contribution >= 4 is 68.0 Å². The quantitative estimate of drug-likeness (QED) is 0.122. The Labute approximate surface area is 242 Å². The van der Waals surface area contributed by atoms with Gasteiger partial charge in [0.15, 0.2) is 15.3 Å². The molecule has 2 unspecified atom stereocenters. The molecule has 3 aliphatic heterocycles. The van der Waals surface area contributed by atoms with Crippen molar-refractivity contribution in [2.75, 3.05) is 20.1 Å². The first-order valence-electron chi connectivity index (χ1n) is 13.9. The van der Waals surface area contributed by atoms with Gasteiger partial charge >= 0.3 is 0 Å². The first-order valence-corrected chi connectivity index (χ1v) is 16.3. The zero-order chi connectivity index (χ0) is 26.2. The lowest BCUT2D eigenvalue weighted by atomic mass is 9.97. The van der Waals surface area contributed by atoms with Crippen LogP contribution in [0, 0.1) is 5.92 Å². The van der Waals surface area contributed by atoms with Gasteiger partial charge < -0.3 is 0 Å². The smallest absolute Gasteiger partial charge is 0.189 e. The summed E-state index contributed by atoms with van der Waals surface area (Å²) < 4.78 is 4.62. The third kappa shape index (κ3) is 6.99. The van der Waals surface area contributed by atoms with E-state index in [9.17, 15) is 0 Å². The number of isothiocyanates is 1. The molecule has 1 fully saturated rings. The van der Waals surface area contributed by atoms with Crippen molar-refractivity contribution in [1.82, 2.24) is 18.4 Å². The number of unbranched alkanes of at least 4 members (excludes halogenated alkanes) is 9. The van der Waals surface area contributed by atoms with Crippen molar-refractivity contribution in [2.24, 2.45) is 10.9 Å². The molecule has 1 aromatic carbocycles. The van der Waals surface area contributed by atoms with Crippen molar-refractivity contribution in [3.63, 3.8) is 0 Å². The monoisotopic (exact) mass is 575 g/mol. The summed E-state index contributed by atoms with van der Waals surface area (Å²) in [6.45, 7) is 5.69. The predicted molar refractivity (Wildman–Crippen MR) is 170 cm³/mol. The molecule has 202 valence electrons. The normalized spacial score (nSPS) is 20.6. The maximum atomic E-state index is 6.06. The highest BCUT2D eigenvalue weighted by Crippen LogP contribution is 2.45. The van der Waals surface area contributed by atoms with E-state index in [4.69, 9.17) is 36.7 Å². The molecule has 0 amide bonds. The van der Waals surface area contributed by atoms with Gasteiger partial charge in [-0.2, -0.15) is 0 Å². The van der Waals surface area contributed by atoms with Crippen LogP contribution < -0.4 is 0 Å². The lowest BCUT2D eigenvalue weighted by Crippen LogP contribution is -2.55. The molecule has 0 N–H and O–H groups in total. The van der Waals surface area contributed by atoms with Gasteiger partial charge in [0.1, 0.15) is 0 Å². The van der Waals surface area contributed by atoms with Crippen LogP contribution in [-0.4, -0.2) is 59.0 Å². The van der Waals surface area contributed by atoms with Crippen molar-refractivity contribution in [3.05, 3.63) is 35.4 Å². The maximum Gasteiger partial charge on any atom is 0.189 e. The van der Waals surface area contributed by atoms with E-state index >= 15 is 0 Å². The van der Waals surface area contributed by atoms with E-state index in [0.29, 0.717) is 12.5 Å². The Morgan fingerprint density at radius 2 is 1.43 bits per heavy atom. The van der Waals surface area contributed by atoms with Crippen LogP contribution in [0.4, 0.5) is 0 Å². The number of thiocarbonyl (C=S) groups is 3. The minimum Gasteiger partial charge on any atom is -0.296 e. The van der Waals surface area contributed by atoms with Crippen molar-refractivity contribution in [3.8, 4) is 0 Å². The summed E-state index contributed by atoms with van der Waals surface area (Å²) in [5.74, 6) is 0.603. The first-order chi connectivity index (χ1) is 18.0. The molecule has 37 heavy (non-hydrogen) atoms. The predicted octanol–water partition coefficient (Wildman–Crippen LogP) is 7.35. The van der Waals surface area contributed by atoms with Crippen molar-refractivity contribution in [2.45, 2.75) is 90.6 Å². The molecule has 5 nitrogen and oxygen atoms in total. The zero-order valence-electron chi connectivity index (χ0n) is 22.4. The zero-order valence-corrected chi connectivity index (χ0v) is 25.6. The molecule has 0 aliphatic carbocycles. The Balaban J connectivity index is 1.29. The molecule has 0 spiro atoms. The topological polar surface area (TPSA) is 25.3 Å². The molecule has 0 saturated carbocycles. The molecule has 1 aromatic rings. The second-order valence-corrected chi connectivity index (χ2v) is 13.2. The van der Waals surface area contributed by atoms with Gasteiger partial charge in [-0.3, -0.25) is 18.4 Å². The van der Waals surface area contributed by atoms with E-state index in [1.54, 1.807) is 0 Å². The standard InChI is InChI=1S/C28H41N5S4/c1-3-4-5-6-7-8-9-10-11-12-13-25-19-31-26(35)30(2)37-28(31)32(20-25)27(36)33(37)21-24-16-14-23(15-17-24)18-29-22-34/h14-17,25H,3-13,18-21H2,1-2H3. The van der Waals surface area contributed by atoms with Gasteiger partial charge in [-0.25, -0.2) is 4.99 Å². The van der Waals surface area contributed by atoms with Gasteiger partial charge in [-0.15, -0.1) is 0 Å². The summed E-state index contributed by atoms with van der Waals surface area (Å²) in [6, 6.07) is 8.57. The molecule has 0 radical (unpaired) electrons. The van der Waals surface area contributed by atoms with Gasteiger partial charge in [-0.1, -0.05) is 95.4 Å². The first kappa shape index (κ1) is 28.6. The third-order valence-corrected chi connectivity index (χ3v) is 11.0. The molecular weight excluding hydrogens is 535 g/mol. The number of aliphatic imine (C=N–C) groups is 1. The van der Waals surface area contributed by atoms with Crippen LogP contribution in [0.3, 0.4) is 0 Å². The lowest BCUT2D eigenvalue weighted by Gasteiger charge is -2.40. The van der Waals surface area contributed by atoms with Crippen LogP contribution in [0.1, 0.15) is 88.7 Å². The Morgan fingerprint density at radius 1 is 0.865 bits per heavy atom. The number of benzene rings is 1. The summed E-state index contributed by atoms with van der Waals surface area (Å²) in [4.78, 5) is 8.81. The summed E-state index contributed by atoms with van der Waals surface area (Å²) in [5.41, 5.74) is 2.38. The van der Waals surface area contributed by atoms with Gasteiger partial charge in [0.2, 0.25) is 0 Å². The molecule has 4 rings (SSSR count). The van der Waals surface area contributed by atoms with E-state index in [1.807, 2.05) is 0 Å². The highest BCUT2D eigenvalue weighted by molar-refractivity contribution is 8.14. The van der Waals surface area contributed by atoms with Gasteiger partial charge in [0, 0.05) is 20.1 Å². The second kappa shape index (κ2) is 14.1. The fourth-order valence-electron chi connectivity index (χ4n) is 5.49. The highest BCUT2D eigenvalue weighted by atomic mass is 32.2.